The van der Waals surface area contributed by atoms with Crippen LogP contribution in [0.1, 0.15) is 6.42 Å². The second kappa shape index (κ2) is 10.2. The first kappa shape index (κ1) is 19.5. The molecule has 25 heavy (non-hydrogen) atoms. The smallest absolute Gasteiger partial charge is 0.0594 e. The van der Waals surface area contributed by atoms with Crippen molar-refractivity contribution in [3.8, 4) is 0 Å². The van der Waals surface area contributed by atoms with E-state index in [1.54, 1.807) is 7.11 Å². The number of β-amino-alcohol motifs (C(OH)–C–C–N with tert-alkyl or cyclic N) is 1. The van der Waals surface area contributed by atoms with Crippen molar-refractivity contribution in [3.05, 3.63) is 0 Å². The van der Waals surface area contributed by atoms with E-state index in [0.29, 0.717) is 0 Å². The minimum absolute atomic E-state index is 0.269. The van der Waals surface area contributed by atoms with E-state index in [2.05, 4.69) is 19.6 Å². The lowest BCUT2D eigenvalue weighted by atomic mass is 10.2. The van der Waals surface area contributed by atoms with E-state index < -0.39 is 0 Å². The van der Waals surface area contributed by atoms with Gasteiger partial charge in [0.05, 0.1) is 26.4 Å². The molecule has 0 saturated carbocycles. The van der Waals surface area contributed by atoms with Gasteiger partial charge in [-0.15, -0.1) is 0 Å². The molecule has 3 aliphatic rings. The predicted octanol–water partition coefficient (Wildman–Crippen LogP) is -0.982. The van der Waals surface area contributed by atoms with E-state index in [1.807, 2.05) is 0 Å². The summed E-state index contributed by atoms with van der Waals surface area (Å²) in [4.78, 5) is 10.00. The number of hydrogen-bond acceptors (Lipinski definition) is 7. The first-order valence-corrected chi connectivity index (χ1v) is 9.90. The molecule has 3 rings (SSSR count). The maximum Gasteiger partial charge on any atom is 0.0594 e. The molecule has 7 heteroatoms. The Morgan fingerprint density at radius 2 is 1.36 bits per heavy atom. The van der Waals surface area contributed by atoms with Gasteiger partial charge in [0, 0.05) is 84.6 Å². The number of ether oxygens (including phenoxy) is 2. The highest BCUT2D eigenvalue weighted by atomic mass is 16.5. The van der Waals surface area contributed by atoms with Crippen LogP contribution in [-0.2, 0) is 9.47 Å². The fourth-order valence-electron chi connectivity index (χ4n) is 4.44. The van der Waals surface area contributed by atoms with Crippen LogP contribution in [-0.4, -0.2) is 136 Å². The monoisotopic (exact) mass is 356 g/mol. The minimum Gasteiger partial charge on any atom is -0.395 e. The highest BCUT2D eigenvalue weighted by Gasteiger charge is 2.42. The SMILES string of the molecule is COCCN1C[C@@H]2C[C@H]1CN2CCOCCN1CCN(CCO)CC1. The highest BCUT2D eigenvalue weighted by molar-refractivity contribution is 4.99. The number of nitrogens with zero attached hydrogens (tertiary/aromatic N) is 4. The zero-order valence-electron chi connectivity index (χ0n) is 15.8. The topological polar surface area (TPSA) is 51.7 Å². The Bertz CT molecular complexity index is 379. The van der Waals surface area contributed by atoms with Gasteiger partial charge in [-0.3, -0.25) is 19.6 Å². The van der Waals surface area contributed by atoms with Crippen LogP contribution in [0, 0.1) is 0 Å². The Balaban J connectivity index is 1.20. The molecule has 3 aliphatic heterocycles. The Kier molecular flexibility index (Phi) is 7.91. The maximum atomic E-state index is 8.98. The molecule has 0 unspecified atom stereocenters. The molecule has 0 spiro atoms. The Morgan fingerprint density at radius 1 is 0.800 bits per heavy atom. The Morgan fingerprint density at radius 3 is 1.92 bits per heavy atom. The molecule has 0 aromatic rings. The van der Waals surface area contributed by atoms with Gasteiger partial charge in [0.15, 0.2) is 0 Å². The molecule has 0 aromatic carbocycles. The van der Waals surface area contributed by atoms with Crippen molar-refractivity contribution in [2.75, 3.05) is 99.0 Å². The predicted molar refractivity (Wildman–Crippen MR) is 98.0 cm³/mol. The molecule has 1 N–H and O–H groups in total. The minimum atomic E-state index is 0.269. The van der Waals surface area contributed by atoms with Crippen molar-refractivity contribution in [1.82, 2.24) is 19.6 Å². The van der Waals surface area contributed by atoms with Crippen molar-refractivity contribution in [3.63, 3.8) is 0 Å². The zero-order chi connectivity index (χ0) is 17.5. The van der Waals surface area contributed by atoms with Gasteiger partial charge in [0.25, 0.3) is 0 Å². The number of fused-ring (bicyclic) bond motifs is 2. The van der Waals surface area contributed by atoms with Gasteiger partial charge in [0.1, 0.15) is 0 Å². The number of methoxy groups -OCH3 is 1. The molecule has 0 aliphatic carbocycles. The standard InChI is InChI=1S/C18H36N4O3/c1-24-11-8-21-15-18-14-17(21)16-22(18)9-13-25-12-7-20-4-2-19(3-5-20)6-10-23/h17-18,23H,2-16H2,1H3/t17-,18-/m0/s1. The van der Waals surface area contributed by atoms with Crippen LogP contribution >= 0.6 is 0 Å². The van der Waals surface area contributed by atoms with E-state index >= 15 is 0 Å². The summed E-state index contributed by atoms with van der Waals surface area (Å²) in [5, 5.41) is 8.98. The number of piperazine rings is 2. The summed E-state index contributed by atoms with van der Waals surface area (Å²) in [6.45, 7) is 13.5. The van der Waals surface area contributed by atoms with Gasteiger partial charge >= 0.3 is 0 Å². The highest BCUT2D eigenvalue weighted by Crippen LogP contribution is 2.29. The average Bonchev–Trinajstić information content (AvgIpc) is 3.21. The fraction of sp³-hybridized carbons (Fsp3) is 1.00. The Hall–Kier alpha value is -0.280. The van der Waals surface area contributed by atoms with Crippen molar-refractivity contribution in [1.29, 1.82) is 0 Å². The summed E-state index contributed by atoms with van der Waals surface area (Å²) >= 11 is 0. The van der Waals surface area contributed by atoms with Crippen LogP contribution in [0.25, 0.3) is 0 Å². The van der Waals surface area contributed by atoms with Gasteiger partial charge in [0.2, 0.25) is 0 Å². The molecular weight excluding hydrogens is 320 g/mol. The van der Waals surface area contributed by atoms with Gasteiger partial charge in [-0.1, -0.05) is 0 Å². The maximum absolute atomic E-state index is 8.98. The quantitative estimate of drug-likeness (QED) is 0.478. The number of rotatable bonds is 11. The molecule has 3 fully saturated rings. The lowest BCUT2D eigenvalue weighted by Crippen LogP contribution is -2.48. The molecule has 0 aromatic heterocycles. The molecule has 3 heterocycles. The lowest BCUT2D eigenvalue weighted by Gasteiger charge is -2.34. The summed E-state index contributed by atoms with van der Waals surface area (Å²) in [5.74, 6) is 0. The van der Waals surface area contributed by atoms with Gasteiger partial charge < -0.3 is 14.6 Å². The van der Waals surface area contributed by atoms with Crippen molar-refractivity contribution < 1.29 is 14.6 Å². The number of aliphatic hydroxyl groups is 1. The van der Waals surface area contributed by atoms with Crippen LogP contribution in [0.5, 0.6) is 0 Å². The third-order valence-electron chi connectivity index (χ3n) is 6.01. The van der Waals surface area contributed by atoms with Crippen LogP contribution in [0.3, 0.4) is 0 Å². The van der Waals surface area contributed by atoms with Crippen LogP contribution in [0.15, 0.2) is 0 Å². The van der Waals surface area contributed by atoms with Crippen molar-refractivity contribution in [2.24, 2.45) is 0 Å². The molecule has 0 radical (unpaired) electrons. The summed E-state index contributed by atoms with van der Waals surface area (Å²) in [6, 6.07) is 1.46. The summed E-state index contributed by atoms with van der Waals surface area (Å²) in [5.41, 5.74) is 0. The van der Waals surface area contributed by atoms with Crippen molar-refractivity contribution in [2.45, 2.75) is 18.5 Å². The Labute approximate surface area is 152 Å². The lowest BCUT2D eigenvalue weighted by molar-refractivity contribution is 0.0457. The van der Waals surface area contributed by atoms with Crippen LogP contribution in [0.2, 0.25) is 0 Å². The largest absolute Gasteiger partial charge is 0.395 e. The second-order valence-corrected chi connectivity index (χ2v) is 7.55. The molecule has 0 amide bonds. The van der Waals surface area contributed by atoms with E-state index in [-0.39, 0.29) is 6.61 Å². The normalized spacial score (nSPS) is 29.0. The summed E-state index contributed by atoms with van der Waals surface area (Å²) in [6.07, 6.45) is 1.32. The molecule has 7 nitrogen and oxygen atoms in total. The number of likely N-dealkylation sites (tertiary alicyclic amines) is 2. The van der Waals surface area contributed by atoms with Gasteiger partial charge in [-0.2, -0.15) is 0 Å². The third kappa shape index (κ3) is 5.60. The summed E-state index contributed by atoms with van der Waals surface area (Å²) < 4.78 is 11.1. The van der Waals surface area contributed by atoms with Gasteiger partial charge in [-0.25, -0.2) is 0 Å². The molecule has 2 atom stereocenters. The number of aliphatic hydroxyl groups excluding tert-OH is 1. The van der Waals surface area contributed by atoms with Crippen LogP contribution in [0.4, 0.5) is 0 Å². The van der Waals surface area contributed by atoms with E-state index in [1.165, 1.54) is 19.5 Å². The second-order valence-electron chi connectivity index (χ2n) is 7.55. The molecule has 2 bridgehead atoms. The third-order valence-corrected chi connectivity index (χ3v) is 6.01. The van der Waals surface area contributed by atoms with E-state index in [4.69, 9.17) is 14.6 Å². The molecule has 3 saturated heterocycles. The fourth-order valence-corrected chi connectivity index (χ4v) is 4.44. The average molecular weight is 357 g/mol. The van der Waals surface area contributed by atoms with E-state index in [0.717, 1.165) is 84.3 Å². The molecular formula is C18H36N4O3. The van der Waals surface area contributed by atoms with Gasteiger partial charge in [-0.05, 0) is 6.42 Å². The first-order valence-electron chi connectivity index (χ1n) is 9.90. The zero-order valence-corrected chi connectivity index (χ0v) is 15.8. The number of hydrogen-bond donors (Lipinski definition) is 1. The molecule has 146 valence electrons. The van der Waals surface area contributed by atoms with Crippen molar-refractivity contribution >= 4 is 0 Å². The van der Waals surface area contributed by atoms with Crippen LogP contribution < -0.4 is 0 Å². The van der Waals surface area contributed by atoms with E-state index in [9.17, 15) is 0 Å². The summed E-state index contributed by atoms with van der Waals surface area (Å²) in [7, 11) is 1.78. The first-order chi connectivity index (χ1) is 12.3.